The first kappa shape index (κ1) is 20.6. The maximum atomic E-state index is 13.0. The van der Waals surface area contributed by atoms with Gasteiger partial charge in [0.05, 0.1) is 5.92 Å². The fraction of sp³-hybridized carbons (Fsp3) is 0.200. The van der Waals surface area contributed by atoms with Crippen LogP contribution in [0.3, 0.4) is 0 Å². The summed E-state index contributed by atoms with van der Waals surface area (Å²) in [6.07, 6.45) is 0.513. The van der Waals surface area contributed by atoms with Gasteiger partial charge < -0.3 is 15.4 Å². The molecule has 1 atom stereocenters. The molecular weight excluding hydrogens is 395 g/mol. The number of ether oxygens (including phenoxy) is 1. The van der Waals surface area contributed by atoms with Crippen molar-refractivity contribution >= 4 is 17.5 Å². The Labute approximate surface area is 180 Å². The highest BCUT2D eigenvalue weighted by Gasteiger charge is 2.26. The average Bonchev–Trinajstić information content (AvgIpc) is 2.78. The highest BCUT2D eigenvalue weighted by atomic mass is 19.1. The molecule has 31 heavy (non-hydrogen) atoms. The summed E-state index contributed by atoms with van der Waals surface area (Å²) >= 11 is 0. The molecule has 6 heteroatoms. The number of carbonyl (C=O) groups excluding carboxylic acids is 2. The van der Waals surface area contributed by atoms with Crippen molar-refractivity contribution in [3.8, 4) is 5.75 Å². The molecule has 2 amide bonds. The summed E-state index contributed by atoms with van der Waals surface area (Å²) in [6, 6.07) is 18.8. The topological polar surface area (TPSA) is 67.4 Å². The van der Waals surface area contributed by atoms with Crippen LogP contribution in [-0.4, -0.2) is 18.4 Å². The molecule has 3 aromatic carbocycles. The number of anilines is 1. The van der Waals surface area contributed by atoms with Gasteiger partial charge in [0.25, 0.3) is 5.91 Å². The number of amides is 2. The Bertz CT molecular complexity index is 1090. The molecule has 2 N–H and O–H groups in total. The van der Waals surface area contributed by atoms with Crippen molar-refractivity contribution in [3.05, 3.63) is 94.8 Å². The molecule has 1 unspecified atom stereocenters. The number of hydrogen-bond acceptors (Lipinski definition) is 3. The van der Waals surface area contributed by atoms with Gasteiger partial charge in [-0.1, -0.05) is 29.8 Å². The molecule has 0 fully saturated rings. The number of halogens is 1. The minimum Gasteiger partial charge on any atom is -0.492 e. The van der Waals surface area contributed by atoms with Crippen LogP contribution in [0.5, 0.6) is 5.75 Å². The normalized spacial score (nSPS) is 14.8. The molecule has 0 saturated heterocycles. The Kier molecular flexibility index (Phi) is 5.98. The van der Waals surface area contributed by atoms with E-state index < -0.39 is 0 Å². The third-order valence-corrected chi connectivity index (χ3v) is 5.29. The van der Waals surface area contributed by atoms with Gasteiger partial charge in [-0.15, -0.1) is 0 Å². The molecule has 0 bridgehead atoms. The standard InChI is InChI=1S/C25H23FN2O3/c1-16-2-6-18(7-3-16)25(30)28-22-10-11-23-19(13-22)12-20(15-31-23)24(29)27-14-17-4-8-21(26)9-5-17/h2-11,13,20H,12,14-15H2,1H3,(H,27,29)(H,28,30). The number of aryl methyl sites for hydroxylation is 1. The van der Waals surface area contributed by atoms with Crippen molar-refractivity contribution in [1.82, 2.24) is 5.32 Å². The van der Waals surface area contributed by atoms with E-state index >= 15 is 0 Å². The van der Waals surface area contributed by atoms with Gasteiger partial charge in [0, 0.05) is 17.8 Å². The van der Waals surface area contributed by atoms with Crippen LogP contribution >= 0.6 is 0 Å². The van der Waals surface area contributed by atoms with E-state index in [1.807, 2.05) is 31.2 Å². The number of benzene rings is 3. The molecule has 5 nitrogen and oxygen atoms in total. The van der Waals surface area contributed by atoms with E-state index in [9.17, 15) is 14.0 Å². The minimum atomic E-state index is -0.337. The van der Waals surface area contributed by atoms with E-state index in [0.717, 1.165) is 22.4 Å². The van der Waals surface area contributed by atoms with Gasteiger partial charge in [-0.2, -0.15) is 0 Å². The van der Waals surface area contributed by atoms with Gasteiger partial charge in [-0.25, -0.2) is 4.39 Å². The molecule has 0 aromatic heterocycles. The Morgan fingerprint density at radius 2 is 1.77 bits per heavy atom. The SMILES string of the molecule is Cc1ccc(C(=O)Nc2ccc3c(c2)CC(C(=O)NCc2ccc(F)cc2)CO3)cc1. The zero-order valence-electron chi connectivity index (χ0n) is 17.2. The number of nitrogens with one attached hydrogen (secondary N) is 2. The Morgan fingerprint density at radius 3 is 2.52 bits per heavy atom. The predicted octanol–water partition coefficient (Wildman–Crippen LogP) is 4.25. The van der Waals surface area contributed by atoms with E-state index in [0.29, 0.717) is 24.2 Å². The highest BCUT2D eigenvalue weighted by molar-refractivity contribution is 6.04. The Balaban J connectivity index is 1.38. The summed E-state index contributed by atoms with van der Waals surface area (Å²) in [5.74, 6) is -0.237. The van der Waals surface area contributed by atoms with Crippen LogP contribution in [0.1, 0.15) is 27.0 Å². The van der Waals surface area contributed by atoms with Crippen molar-refractivity contribution in [3.63, 3.8) is 0 Å². The second-order valence-electron chi connectivity index (χ2n) is 7.70. The number of carbonyl (C=O) groups is 2. The summed E-state index contributed by atoms with van der Waals surface area (Å²) in [7, 11) is 0. The van der Waals surface area contributed by atoms with Gasteiger partial charge in [0.1, 0.15) is 18.2 Å². The van der Waals surface area contributed by atoms with Crippen LogP contribution in [-0.2, 0) is 17.8 Å². The molecule has 158 valence electrons. The second-order valence-corrected chi connectivity index (χ2v) is 7.70. The summed E-state index contributed by atoms with van der Waals surface area (Å²) in [5.41, 5.74) is 4.02. The quantitative estimate of drug-likeness (QED) is 0.651. The molecule has 3 aromatic rings. The van der Waals surface area contributed by atoms with E-state index in [2.05, 4.69) is 10.6 Å². The number of hydrogen-bond donors (Lipinski definition) is 2. The predicted molar refractivity (Wildman–Crippen MR) is 117 cm³/mol. The molecular formula is C25H23FN2O3. The van der Waals surface area contributed by atoms with Crippen LogP contribution < -0.4 is 15.4 Å². The Morgan fingerprint density at radius 1 is 1.03 bits per heavy atom. The number of rotatable bonds is 5. The minimum absolute atomic E-state index is 0.121. The fourth-order valence-electron chi connectivity index (χ4n) is 3.48. The lowest BCUT2D eigenvalue weighted by Crippen LogP contribution is -2.37. The van der Waals surface area contributed by atoms with E-state index in [-0.39, 0.29) is 30.2 Å². The summed E-state index contributed by atoms with van der Waals surface area (Å²) < 4.78 is 18.8. The van der Waals surface area contributed by atoms with Gasteiger partial charge >= 0.3 is 0 Å². The largest absolute Gasteiger partial charge is 0.492 e. The van der Waals surface area contributed by atoms with E-state index in [4.69, 9.17) is 4.74 Å². The number of fused-ring (bicyclic) bond motifs is 1. The summed E-state index contributed by atoms with van der Waals surface area (Å²) in [6.45, 7) is 2.59. The lowest BCUT2D eigenvalue weighted by molar-refractivity contribution is -0.126. The Hall–Kier alpha value is -3.67. The zero-order chi connectivity index (χ0) is 21.8. The van der Waals surface area contributed by atoms with Gasteiger partial charge in [-0.3, -0.25) is 9.59 Å². The van der Waals surface area contributed by atoms with Crippen LogP contribution in [0.15, 0.2) is 66.7 Å². The molecule has 1 aliphatic rings. The zero-order valence-corrected chi connectivity index (χ0v) is 17.2. The van der Waals surface area contributed by atoms with Gasteiger partial charge in [-0.05, 0) is 66.9 Å². The van der Waals surface area contributed by atoms with E-state index in [1.165, 1.54) is 12.1 Å². The first-order chi connectivity index (χ1) is 15.0. The summed E-state index contributed by atoms with van der Waals surface area (Å²) in [4.78, 5) is 25.1. The molecule has 0 aliphatic carbocycles. The van der Waals surface area contributed by atoms with Crippen LogP contribution in [0.2, 0.25) is 0 Å². The van der Waals surface area contributed by atoms with Crippen LogP contribution in [0.25, 0.3) is 0 Å². The molecule has 0 radical (unpaired) electrons. The third kappa shape index (κ3) is 5.09. The van der Waals surface area contributed by atoms with Crippen LogP contribution in [0.4, 0.5) is 10.1 Å². The van der Waals surface area contributed by atoms with Gasteiger partial charge in [0.2, 0.25) is 5.91 Å². The lowest BCUT2D eigenvalue weighted by atomic mass is 9.95. The fourth-order valence-corrected chi connectivity index (χ4v) is 3.48. The van der Waals surface area contributed by atoms with Crippen molar-refractivity contribution in [2.45, 2.75) is 19.9 Å². The molecule has 0 saturated carbocycles. The summed E-state index contributed by atoms with van der Waals surface area (Å²) in [5, 5.41) is 5.78. The first-order valence-corrected chi connectivity index (χ1v) is 10.1. The van der Waals surface area contributed by atoms with Crippen LogP contribution in [0, 0.1) is 18.7 Å². The van der Waals surface area contributed by atoms with Gasteiger partial charge in [0.15, 0.2) is 0 Å². The molecule has 1 aliphatic heterocycles. The molecule has 4 rings (SSSR count). The van der Waals surface area contributed by atoms with Crippen molar-refractivity contribution in [1.29, 1.82) is 0 Å². The van der Waals surface area contributed by atoms with Crippen molar-refractivity contribution in [2.24, 2.45) is 5.92 Å². The first-order valence-electron chi connectivity index (χ1n) is 10.1. The average molecular weight is 418 g/mol. The third-order valence-electron chi connectivity index (χ3n) is 5.29. The lowest BCUT2D eigenvalue weighted by Gasteiger charge is -2.25. The van der Waals surface area contributed by atoms with Crippen molar-refractivity contribution in [2.75, 3.05) is 11.9 Å². The van der Waals surface area contributed by atoms with Crippen molar-refractivity contribution < 1.29 is 18.7 Å². The smallest absolute Gasteiger partial charge is 0.255 e. The second kappa shape index (κ2) is 9.00. The maximum Gasteiger partial charge on any atom is 0.255 e. The molecule has 0 spiro atoms. The highest BCUT2D eigenvalue weighted by Crippen LogP contribution is 2.30. The van der Waals surface area contributed by atoms with E-state index in [1.54, 1.807) is 30.3 Å². The monoisotopic (exact) mass is 418 g/mol. The maximum absolute atomic E-state index is 13.0. The molecule has 1 heterocycles.